The van der Waals surface area contributed by atoms with Gasteiger partial charge in [0.05, 0.1) is 0 Å². The van der Waals surface area contributed by atoms with Gasteiger partial charge in [-0.25, -0.2) is 0 Å². The van der Waals surface area contributed by atoms with Crippen LogP contribution in [0.3, 0.4) is 0 Å². The number of aliphatic imine (C=N–C) groups is 1. The molecule has 2 N–H and O–H groups in total. The maximum Gasteiger partial charge on any atom is 0.229 e. The van der Waals surface area contributed by atoms with Crippen molar-refractivity contribution in [2.45, 2.75) is 52.0 Å². The van der Waals surface area contributed by atoms with Gasteiger partial charge in [-0.15, -0.1) is 0 Å². The molecule has 0 aromatic rings. The Hall–Kier alpha value is -1.63. The van der Waals surface area contributed by atoms with E-state index in [2.05, 4.69) is 34.4 Å². The molecule has 0 saturated carbocycles. The zero-order chi connectivity index (χ0) is 18.2. The first-order valence-electron chi connectivity index (χ1n) is 9.52. The number of guanidine groups is 1. The lowest BCUT2D eigenvalue weighted by atomic mass is 10.0. The van der Waals surface area contributed by atoms with Gasteiger partial charge in [-0.1, -0.05) is 13.8 Å². The number of imide groups is 1. The third-order valence-corrected chi connectivity index (χ3v) is 4.79. The number of amides is 2. The first-order valence-corrected chi connectivity index (χ1v) is 9.52. The van der Waals surface area contributed by atoms with Crippen molar-refractivity contribution < 1.29 is 9.59 Å². The molecule has 2 fully saturated rings. The van der Waals surface area contributed by atoms with Gasteiger partial charge in [0.2, 0.25) is 11.8 Å². The molecule has 0 bridgehead atoms. The Morgan fingerprint density at radius 1 is 1.20 bits per heavy atom. The van der Waals surface area contributed by atoms with Gasteiger partial charge in [0, 0.05) is 58.7 Å². The van der Waals surface area contributed by atoms with E-state index in [1.807, 2.05) is 0 Å². The monoisotopic (exact) mass is 351 g/mol. The Balaban J connectivity index is 1.69. The SMILES string of the molecule is CN=C(NCCN1C(=O)CCCC1=O)NC1CCN(CC(C)C)CC1. The molecule has 7 heteroatoms. The van der Waals surface area contributed by atoms with Gasteiger partial charge >= 0.3 is 0 Å². The minimum absolute atomic E-state index is 0.0569. The summed E-state index contributed by atoms with van der Waals surface area (Å²) < 4.78 is 0. The largest absolute Gasteiger partial charge is 0.355 e. The number of nitrogens with zero attached hydrogens (tertiary/aromatic N) is 3. The molecule has 0 unspecified atom stereocenters. The molecule has 2 aliphatic rings. The summed E-state index contributed by atoms with van der Waals surface area (Å²) in [5.41, 5.74) is 0. The predicted molar refractivity (Wildman–Crippen MR) is 99.4 cm³/mol. The van der Waals surface area contributed by atoms with E-state index in [9.17, 15) is 9.59 Å². The van der Waals surface area contributed by atoms with Gasteiger partial charge < -0.3 is 15.5 Å². The lowest BCUT2D eigenvalue weighted by molar-refractivity contribution is -0.147. The molecule has 2 rings (SSSR count). The van der Waals surface area contributed by atoms with Gasteiger partial charge in [-0.05, 0) is 25.2 Å². The molecule has 2 saturated heterocycles. The van der Waals surface area contributed by atoms with Crippen LogP contribution in [0.5, 0.6) is 0 Å². The summed E-state index contributed by atoms with van der Waals surface area (Å²) in [4.78, 5) is 31.8. The molecule has 2 aliphatic heterocycles. The highest BCUT2D eigenvalue weighted by molar-refractivity contribution is 5.97. The average Bonchev–Trinajstić information content (AvgIpc) is 2.57. The molecular formula is C18H33N5O2. The van der Waals surface area contributed by atoms with E-state index < -0.39 is 0 Å². The van der Waals surface area contributed by atoms with Gasteiger partial charge in [0.1, 0.15) is 0 Å². The van der Waals surface area contributed by atoms with E-state index in [4.69, 9.17) is 0 Å². The Labute approximate surface area is 151 Å². The normalized spacial score (nSPS) is 21.1. The summed E-state index contributed by atoms with van der Waals surface area (Å²) in [6.07, 6.45) is 3.86. The number of nitrogens with one attached hydrogen (secondary N) is 2. The van der Waals surface area contributed by atoms with Crippen molar-refractivity contribution in [3.63, 3.8) is 0 Å². The molecule has 0 aromatic heterocycles. The molecule has 0 aliphatic carbocycles. The van der Waals surface area contributed by atoms with Crippen LogP contribution in [0.1, 0.15) is 46.0 Å². The second kappa shape index (κ2) is 9.75. The van der Waals surface area contributed by atoms with Crippen LogP contribution in [0.4, 0.5) is 0 Å². The van der Waals surface area contributed by atoms with Crippen molar-refractivity contribution in [1.82, 2.24) is 20.4 Å². The molecule has 142 valence electrons. The average molecular weight is 351 g/mol. The van der Waals surface area contributed by atoms with E-state index in [0.29, 0.717) is 44.3 Å². The van der Waals surface area contributed by atoms with Crippen LogP contribution >= 0.6 is 0 Å². The molecule has 0 radical (unpaired) electrons. The van der Waals surface area contributed by atoms with Crippen LogP contribution in [-0.4, -0.2) is 73.4 Å². The maximum atomic E-state index is 11.8. The summed E-state index contributed by atoms with van der Waals surface area (Å²) >= 11 is 0. The lowest BCUT2D eigenvalue weighted by Crippen LogP contribution is -2.51. The van der Waals surface area contributed by atoms with Gasteiger partial charge in [-0.2, -0.15) is 0 Å². The second-order valence-corrected chi connectivity index (χ2v) is 7.40. The highest BCUT2D eigenvalue weighted by Crippen LogP contribution is 2.12. The number of likely N-dealkylation sites (tertiary alicyclic amines) is 2. The predicted octanol–water partition coefficient (Wildman–Crippen LogP) is 0.811. The van der Waals surface area contributed by atoms with Crippen LogP contribution in [0.2, 0.25) is 0 Å². The summed E-state index contributed by atoms with van der Waals surface area (Å²) in [5, 5.41) is 6.69. The third-order valence-electron chi connectivity index (χ3n) is 4.79. The summed E-state index contributed by atoms with van der Waals surface area (Å²) in [6.45, 7) is 8.85. The molecule has 2 amide bonds. The van der Waals surface area contributed by atoms with Crippen LogP contribution in [0.25, 0.3) is 0 Å². The number of carbonyl (C=O) groups is 2. The smallest absolute Gasteiger partial charge is 0.229 e. The van der Waals surface area contributed by atoms with Crippen LogP contribution in [0, 0.1) is 5.92 Å². The molecule has 7 nitrogen and oxygen atoms in total. The zero-order valence-electron chi connectivity index (χ0n) is 15.9. The highest BCUT2D eigenvalue weighted by Gasteiger charge is 2.25. The second-order valence-electron chi connectivity index (χ2n) is 7.40. The van der Waals surface area contributed by atoms with Gasteiger partial charge in [0.15, 0.2) is 5.96 Å². The number of hydrogen-bond donors (Lipinski definition) is 2. The highest BCUT2D eigenvalue weighted by atomic mass is 16.2. The first-order chi connectivity index (χ1) is 12.0. The Bertz CT molecular complexity index is 468. The lowest BCUT2D eigenvalue weighted by Gasteiger charge is -2.34. The van der Waals surface area contributed by atoms with Crippen molar-refractivity contribution >= 4 is 17.8 Å². The Morgan fingerprint density at radius 3 is 2.40 bits per heavy atom. The van der Waals surface area contributed by atoms with Crippen molar-refractivity contribution in [3.05, 3.63) is 0 Å². The molecule has 25 heavy (non-hydrogen) atoms. The van der Waals surface area contributed by atoms with E-state index >= 15 is 0 Å². The van der Waals surface area contributed by atoms with Gasteiger partial charge in [-0.3, -0.25) is 19.5 Å². The van der Waals surface area contributed by atoms with E-state index in [1.54, 1.807) is 7.05 Å². The van der Waals surface area contributed by atoms with E-state index in [-0.39, 0.29) is 11.8 Å². The van der Waals surface area contributed by atoms with Crippen molar-refractivity contribution in [3.8, 4) is 0 Å². The van der Waals surface area contributed by atoms with E-state index in [0.717, 1.165) is 38.4 Å². The van der Waals surface area contributed by atoms with Crippen molar-refractivity contribution in [2.75, 3.05) is 39.8 Å². The first kappa shape index (κ1) is 19.7. The van der Waals surface area contributed by atoms with Crippen LogP contribution in [0.15, 0.2) is 4.99 Å². The number of hydrogen-bond acceptors (Lipinski definition) is 4. The Morgan fingerprint density at radius 2 is 1.84 bits per heavy atom. The Kier molecular flexibility index (Phi) is 7.68. The van der Waals surface area contributed by atoms with E-state index in [1.165, 1.54) is 4.90 Å². The number of carbonyl (C=O) groups excluding carboxylic acids is 2. The molecular weight excluding hydrogens is 318 g/mol. The van der Waals surface area contributed by atoms with Crippen molar-refractivity contribution in [2.24, 2.45) is 10.9 Å². The minimum Gasteiger partial charge on any atom is -0.355 e. The number of rotatable bonds is 6. The number of piperidine rings is 2. The zero-order valence-corrected chi connectivity index (χ0v) is 15.9. The standard InChI is InChI=1S/C18H33N5O2/c1-14(2)13-22-10-7-15(8-11-22)21-18(19-3)20-9-12-23-16(24)5-4-6-17(23)25/h14-15H,4-13H2,1-3H3,(H2,19,20,21). The molecule has 2 heterocycles. The maximum absolute atomic E-state index is 11.8. The van der Waals surface area contributed by atoms with Crippen LogP contribution in [-0.2, 0) is 9.59 Å². The van der Waals surface area contributed by atoms with Crippen molar-refractivity contribution in [1.29, 1.82) is 0 Å². The summed E-state index contributed by atoms with van der Waals surface area (Å²) in [7, 11) is 1.75. The molecule has 0 spiro atoms. The molecule has 0 aromatic carbocycles. The summed E-state index contributed by atoms with van der Waals surface area (Å²) in [6, 6.07) is 0.424. The van der Waals surface area contributed by atoms with Crippen LogP contribution < -0.4 is 10.6 Å². The fourth-order valence-electron chi connectivity index (χ4n) is 3.50. The molecule has 0 atom stereocenters. The third kappa shape index (κ3) is 6.30. The minimum atomic E-state index is -0.0569. The fourth-order valence-corrected chi connectivity index (χ4v) is 3.50. The topological polar surface area (TPSA) is 77.0 Å². The fraction of sp³-hybridized carbons (Fsp3) is 0.833. The quantitative estimate of drug-likeness (QED) is 0.421. The summed E-state index contributed by atoms with van der Waals surface area (Å²) in [5.74, 6) is 1.34. The van der Waals surface area contributed by atoms with Gasteiger partial charge in [0.25, 0.3) is 0 Å².